The van der Waals surface area contributed by atoms with Crippen molar-refractivity contribution in [2.75, 3.05) is 0 Å². The summed E-state index contributed by atoms with van der Waals surface area (Å²) in [6.07, 6.45) is 0. The van der Waals surface area contributed by atoms with Crippen LogP contribution in [0.3, 0.4) is 0 Å². The Bertz CT molecular complexity index is 688. The molecular weight excluding hydrogens is 322 g/mol. The minimum atomic E-state index is -0.451. The molecule has 0 atom stereocenters. The molecule has 0 aliphatic rings. The van der Waals surface area contributed by atoms with Crippen molar-refractivity contribution in [3.63, 3.8) is 0 Å². The van der Waals surface area contributed by atoms with Crippen LogP contribution < -0.4 is 4.74 Å². The molecule has 20 heavy (non-hydrogen) atoms. The number of aromatic nitrogens is 1. The largest absolute Gasteiger partial charge is 0.424 e. The van der Waals surface area contributed by atoms with Gasteiger partial charge < -0.3 is 9.72 Å². The number of aryl methyl sites for hydroxylation is 1. The van der Waals surface area contributed by atoms with Gasteiger partial charge in [0.05, 0.1) is 17.0 Å². The normalized spacial score (nSPS) is 10.4. The summed E-state index contributed by atoms with van der Waals surface area (Å²) in [5.74, 6) is -0.305. The molecule has 0 saturated heterocycles. The first-order chi connectivity index (χ1) is 9.41. The number of hydrogen-bond acceptors (Lipinski definition) is 3. The third-order valence-corrected chi connectivity index (χ3v) is 3.56. The number of carbonyl (C=O) groups excluding carboxylic acids is 2. The summed E-state index contributed by atoms with van der Waals surface area (Å²) < 4.78 is 6.03. The number of halogens is 1. The number of ketones is 1. The number of benzene rings is 1. The van der Waals surface area contributed by atoms with E-state index in [1.165, 1.54) is 13.8 Å². The Kier molecular flexibility index (Phi) is 4.09. The van der Waals surface area contributed by atoms with Crippen molar-refractivity contribution >= 4 is 27.7 Å². The SMILES string of the molecule is CC(=O)Oc1c(C)[nH]c(-c2ccccc2Br)c1C(C)=O. The van der Waals surface area contributed by atoms with E-state index in [9.17, 15) is 9.59 Å². The average Bonchev–Trinajstić information content (AvgIpc) is 2.66. The van der Waals surface area contributed by atoms with E-state index < -0.39 is 5.97 Å². The molecule has 0 radical (unpaired) electrons. The number of esters is 1. The van der Waals surface area contributed by atoms with Gasteiger partial charge in [0.1, 0.15) is 0 Å². The van der Waals surface area contributed by atoms with Gasteiger partial charge in [0.2, 0.25) is 0 Å². The molecule has 0 unspecified atom stereocenters. The minimum Gasteiger partial charge on any atom is -0.424 e. The second-order valence-corrected chi connectivity index (χ2v) is 5.31. The van der Waals surface area contributed by atoms with Crippen molar-refractivity contribution in [2.24, 2.45) is 0 Å². The predicted molar refractivity (Wildman–Crippen MR) is 80.0 cm³/mol. The molecule has 0 bridgehead atoms. The van der Waals surface area contributed by atoms with Gasteiger partial charge in [0.15, 0.2) is 11.5 Å². The van der Waals surface area contributed by atoms with Crippen molar-refractivity contribution in [1.29, 1.82) is 0 Å². The maximum Gasteiger partial charge on any atom is 0.308 e. The molecule has 1 heterocycles. The lowest BCUT2D eigenvalue weighted by Crippen LogP contribution is -2.05. The lowest BCUT2D eigenvalue weighted by Gasteiger charge is -2.06. The van der Waals surface area contributed by atoms with E-state index in [-0.39, 0.29) is 5.78 Å². The molecule has 0 aliphatic heterocycles. The highest BCUT2D eigenvalue weighted by Crippen LogP contribution is 2.37. The quantitative estimate of drug-likeness (QED) is 0.683. The summed E-state index contributed by atoms with van der Waals surface area (Å²) in [5.41, 5.74) is 2.54. The number of carbonyl (C=O) groups is 2. The Labute approximate surface area is 125 Å². The molecule has 0 amide bonds. The van der Waals surface area contributed by atoms with Crippen LogP contribution >= 0.6 is 15.9 Å². The van der Waals surface area contributed by atoms with E-state index in [0.29, 0.717) is 22.7 Å². The first-order valence-electron chi connectivity index (χ1n) is 6.08. The number of ether oxygens (including phenoxy) is 1. The molecule has 104 valence electrons. The van der Waals surface area contributed by atoms with E-state index in [0.717, 1.165) is 10.0 Å². The fraction of sp³-hybridized carbons (Fsp3) is 0.200. The lowest BCUT2D eigenvalue weighted by molar-refractivity contribution is -0.131. The van der Waals surface area contributed by atoms with E-state index in [1.807, 2.05) is 24.3 Å². The zero-order valence-corrected chi connectivity index (χ0v) is 13.0. The van der Waals surface area contributed by atoms with Crippen LogP contribution in [0.25, 0.3) is 11.3 Å². The molecule has 0 saturated carbocycles. The summed E-state index contributed by atoms with van der Waals surface area (Å²) in [4.78, 5) is 26.3. The van der Waals surface area contributed by atoms with Gasteiger partial charge in [-0.25, -0.2) is 0 Å². The second kappa shape index (κ2) is 5.63. The van der Waals surface area contributed by atoms with E-state index in [4.69, 9.17) is 4.74 Å². The summed E-state index contributed by atoms with van der Waals surface area (Å²) >= 11 is 3.46. The van der Waals surface area contributed by atoms with Crippen LogP contribution in [0.5, 0.6) is 5.75 Å². The van der Waals surface area contributed by atoms with Crippen molar-refractivity contribution in [3.8, 4) is 17.0 Å². The monoisotopic (exact) mass is 335 g/mol. The average molecular weight is 336 g/mol. The fourth-order valence-electron chi connectivity index (χ4n) is 2.08. The summed E-state index contributed by atoms with van der Waals surface area (Å²) in [7, 11) is 0. The Hall–Kier alpha value is -1.88. The predicted octanol–water partition coefficient (Wildman–Crippen LogP) is 3.88. The maximum atomic E-state index is 11.9. The number of nitrogens with one attached hydrogen (secondary N) is 1. The smallest absolute Gasteiger partial charge is 0.308 e. The van der Waals surface area contributed by atoms with E-state index in [2.05, 4.69) is 20.9 Å². The standard InChI is InChI=1S/C15H14BrNO3/c1-8-15(20-10(3)19)13(9(2)18)14(17-8)11-6-4-5-7-12(11)16/h4-7,17H,1-3H3. The van der Waals surface area contributed by atoms with Crippen LogP contribution in [0.1, 0.15) is 29.9 Å². The first kappa shape index (κ1) is 14.5. The molecular formula is C15H14BrNO3. The molecule has 1 N–H and O–H groups in total. The van der Waals surface area contributed by atoms with E-state index in [1.54, 1.807) is 6.92 Å². The second-order valence-electron chi connectivity index (χ2n) is 4.46. The first-order valence-corrected chi connectivity index (χ1v) is 6.88. The Balaban J connectivity index is 2.69. The van der Waals surface area contributed by atoms with Gasteiger partial charge in [-0.15, -0.1) is 0 Å². The van der Waals surface area contributed by atoms with Crippen LogP contribution in [0.4, 0.5) is 0 Å². The number of aromatic amines is 1. The topological polar surface area (TPSA) is 59.2 Å². The fourth-order valence-corrected chi connectivity index (χ4v) is 2.56. The summed E-state index contributed by atoms with van der Waals surface area (Å²) in [6, 6.07) is 7.55. The number of Topliss-reactive ketones (excluding diaryl/α,β-unsaturated/α-hetero) is 1. The summed E-state index contributed by atoms with van der Waals surface area (Å²) in [6.45, 7) is 4.54. The molecule has 5 heteroatoms. The molecule has 0 fully saturated rings. The number of rotatable bonds is 3. The van der Waals surface area contributed by atoms with Crippen LogP contribution in [0.15, 0.2) is 28.7 Å². The molecule has 0 spiro atoms. The minimum absolute atomic E-state index is 0.156. The van der Waals surface area contributed by atoms with Crippen LogP contribution in [0, 0.1) is 6.92 Å². The van der Waals surface area contributed by atoms with Crippen molar-refractivity contribution in [1.82, 2.24) is 4.98 Å². The molecule has 0 aliphatic carbocycles. The van der Waals surface area contributed by atoms with Gasteiger partial charge in [0, 0.05) is 17.0 Å². The number of hydrogen-bond donors (Lipinski definition) is 1. The third-order valence-electron chi connectivity index (χ3n) is 2.87. The number of H-pyrrole nitrogens is 1. The van der Waals surface area contributed by atoms with Crippen LogP contribution in [-0.4, -0.2) is 16.7 Å². The molecule has 1 aromatic carbocycles. The lowest BCUT2D eigenvalue weighted by atomic mass is 10.0. The highest BCUT2D eigenvalue weighted by molar-refractivity contribution is 9.10. The Morgan fingerprint density at radius 2 is 1.85 bits per heavy atom. The van der Waals surface area contributed by atoms with Gasteiger partial charge >= 0.3 is 5.97 Å². The van der Waals surface area contributed by atoms with Gasteiger partial charge in [-0.05, 0) is 19.9 Å². The van der Waals surface area contributed by atoms with Gasteiger partial charge in [-0.1, -0.05) is 34.1 Å². The Morgan fingerprint density at radius 3 is 2.40 bits per heavy atom. The zero-order chi connectivity index (χ0) is 14.9. The van der Waals surface area contributed by atoms with Gasteiger partial charge in [-0.2, -0.15) is 0 Å². The third kappa shape index (κ3) is 2.67. The highest BCUT2D eigenvalue weighted by atomic mass is 79.9. The van der Waals surface area contributed by atoms with Crippen LogP contribution in [-0.2, 0) is 4.79 Å². The maximum absolute atomic E-state index is 11.9. The summed E-state index contributed by atoms with van der Waals surface area (Å²) in [5, 5.41) is 0. The Morgan fingerprint density at radius 1 is 1.20 bits per heavy atom. The molecule has 4 nitrogen and oxygen atoms in total. The van der Waals surface area contributed by atoms with Gasteiger partial charge in [0.25, 0.3) is 0 Å². The van der Waals surface area contributed by atoms with Crippen LogP contribution in [0.2, 0.25) is 0 Å². The van der Waals surface area contributed by atoms with Crippen molar-refractivity contribution in [2.45, 2.75) is 20.8 Å². The van der Waals surface area contributed by atoms with Crippen molar-refractivity contribution < 1.29 is 14.3 Å². The zero-order valence-electron chi connectivity index (χ0n) is 11.4. The molecule has 2 aromatic rings. The highest BCUT2D eigenvalue weighted by Gasteiger charge is 2.23. The van der Waals surface area contributed by atoms with Crippen molar-refractivity contribution in [3.05, 3.63) is 40.0 Å². The van der Waals surface area contributed by atoms with E-state index >= 15 is 0 Å². The molecule has 1 aromatic heterocycles. The van der Waals surface area contributed by atoms with Gasteiger partial charge in [-0.3, -0.25) is 9.59 Å². The molecule has 2 rings (SSSR count).